The summed E-state index contributed by atoms with van der Waals surface area (Å²) in [6.45, 7) is 1.61. The van der Waals surface area contributed by atoms with Gasteiger partial charge in [-0.1, -0.05) is 0 Å². The number of non-ortho nitro benzene ring substituents is 1. The Morgan fingerprint density at radius 3 is 2.53 bits per heavy atom. The lowest BCUT2D eigenvalue weighted by atomic mass is 10.2. The van der Waals surface area contributed by atoms with Crippen LogP contribution in [0, 0.1) is 28.4 Å². The van der Waals surface area contributed by atoms with E-state index in [1.54, 1.807) is 6.92 Å². The zero-order valence-corrected chi connectivity index (χ0v) is 9.90. The van der Waals surface area contributed by atoms with E-state index < -0.39 is 10.5 Å². The highest BCUT2D eigenvalue weighted by Gasteiger charge is 2.09. The molecule has 0 amide bonds. The predicted molar refractivity (Wildman–Crippen MR) is 65.9 cm³/mol. The number of nitriles is 1. The highest BCUT2D eigenvalue weighted by Crippen LogP contribution is 2.13. The van der Waals surface area contributed by atoms with Crippen LogP contribution in [0.4, 0.5) is 5.69 Å². The van der Waals surface area contributed by atoms with Gasteiger partial charge in [-0.2, -0.15) is 15.0 Å². The van der Waals surface area contributed by atoms with Crippen molar-refractivity contribution in [1.29, 1.82) is 5.26 Å². The molecular formula is C12H8N4O3. The lowest BCUT2D eigenvalue weighted by Crippen LogP contribution is -2.22. The molecule has 0 aliphatic rings. The second kappa shape index (κ2) is 4.70. The topological polar surface area (TPSA) is 102 Å². The minimum absolute atomic E-state index is 0.0674. The van der Waals surface area contributed by atoms with E-state index >= 15 is 0 Å². The molecule has 0 fully saturated rings. The summed E-state index contributed by atoms with van der Waals surface area (Å²) in [5, 5.41) is 23.3. The number of hydrogen-bond acceptors (Lipinski definition) is 5. The number of hydrogen-bond donors (Lipinski definition) is 0. The summed E-state index contributed by atoms with van der Waals surface area (Å²) < 4.78 is 1.10. The van der Waals surface area contributed by atoms with Crippen LogP contribution < -0.4 is 5.56 Å². The molecule has 2 aromatic rings. The number of nitro benzene ring substituents is 1. The fraction of sp³-hybridized carbons (Fsp3) is 0.0833. The van der Waals surface area contributed by atoms with Crippen LogP contribution in [0.15, 0.2) is 35.1 Å². The van der Waals surface area contributed by atoms with Crippen LogP contribution >= 0.6 is 0 Å². The minimum Gasteiger partial charge on any atom is -0.267 e. The van der Waals surface area contributed by atoms with Gasteiger partial charge in [0.2, 0.25) is 0 Å². The van der Waals surface area contributed by atoms with Crippen molar-refractivity contribution in [2.24, 2.45) is 0 Å². The van der Waals surface area contributed by atoms with Crippen molar-refractivity contribution >= 4 is 5.69 Å². The van der Waals surface area contributed by atoms with E-state index in [4.69, 9.17) is 5.26 Å². The van der Waals surface area contributed by atoms with Gasteiger partial charge in [0, 0.05) is 18.2 Å². The number of aryl methyl sites for hydroxylation is 1. The first-order chi connectivity index (χ1) is 9.02. The van der Waals surface area contributed by atoms with E-state index in [1.165, 1.54) is 30.3 Å². The zero-order valence-electron chi connectivity index (χ0n) is 9.90. The Hall–Kier alpha value is -3.01. The van der Waals surface area contributed by atoms with Crippen LogP contribution in [0.5, 0.6) is 0 Å². The molecule has 0 aliphatic heterocycles. The molecule has 0 radical (unpaired) electrons. The van der Waals surface area contributed by atoms with Crippen LogP contribution in [-0.4, -0.2) is 14.7 Å². The molecule has 0 atom stereocenters. The average molecular weight is 256 g/mol. The molecule has 19 heavy (non-hydrogen) atoms. The van der Waals surface area contributed by atoms with Gasteiger partial charge >= 0.3 is 0 Å². The van der Waals surface area contributed by atoms with E-state index in [1.807, 2.05) is 6.07 Å². The van der Waals surface area contributed by atoms with Crippen LogP contribution in [0.25, 0.3) is 5.69 Å². The van der Waals surface area contributed by atoms with E-state index in [0.717, 1.165) is 4.68 Å². The van der Waals surface area contributed by atoms with Crippen molar-refractivity contribution in [2.45, 2.75) is 6.92 Å². The smallest absolute Gasteiger partial charge is 0.267 e. The van der Waals surface area contributed by atoms with Gasteiger partial charge in [-0.3, -0.25) is 14.9 Å². The Labute approximate surface area is 107 Å². The lowest BCUT2D eigenvalue weighted by molar-refractivity contribution is -0.384. The number of aromatic nitrogens is 2. The largest absolute Gasteiger partial charge is 0.272 e. The maximum absolute atomic E-state index is 11.8. The first-order valence-electron chi connectivity index (χ1n) is 5.29. The summed E-state index contributed by atoms with van der Waals surface area (Å²) in [5.74, 6) is 0. The van der Waals surface area contributed by atoms with Gasteiger partial charge in [-0.25, -0.2) is 0 Å². The van der Waals surface area contributed by atoms with Gasteiger partial charge in [0.1, 0.15) is 6.07 Å². The van der Waals surface area contributed by atoms with Gasteiger partial charge in [-0.15, -0.1) is 0 Å². The zero-order chi connectivity index (χ0) is 14.0. The maximum Gasteiger partial charge on any atom is 0.272 e. The van der Waals surface area contributed by atoms with Gasteiger partial charge < -0.3 is 0 Å². The summed E-state index contributed by atoms with van der Waals surface area (Å²) in [4.78, 5) is 21.8. The molecule has 0 spiro atoms. The predicted octanol–water partition coefficient (Wildman–Crippen LogP) is 1.32. The maximum atomic E-state index is 11.8. The van der Waals surface area contributed by atoms with Crippen molar-refractivity contribution in [1.82, 2.24) is 9.78 Å². The summed E-state index contributed by atoms with van der Waals surface area (Å²) in [6, 6.07) is 8.49. The van der Waals surface area contributed by atoms with E-state index in [-0.39, 0.29) is 11.3 Å². The van der Waals surface area contributed by atoms with Crippen LogP contribution in [0.1, 0.15) is 11.3 Å². The van der Waals surface area contributed by atoms with E-state index in [9.17, 15) is 14.9 Å². The van der Waals surface area contributed by atoms with Crippen molar-refractivity contribution in [3.05, 3.63) is 62.1 Å². The van der Waals surface area contributed by atoms with Crippen LogP contribution in [0.2, 0.25) is 0 Å². The van der Waals surface area contributed by atoms with Crippen LogP contribution in [-0.2, 0) is 0 Å². The third-order valence-electron chi connectivity index (χ3n) is 2.54. The second-order valence-corrected chi connectivity index (χ2v) is 3.78. The molecule has 7 heteroatoms. The number of nitrogens with zero attached hydrogens (tertiary/aromatic N) is 4. The molecule has 1 heterocycles. The fourth-order valence-corrected chi connectivity index (χ4v) is 1.56. The monoisotopic (exact) mass is 256 g/mol. The molecule has 0 aliphatic carbocycles. The van der Waals surface area contributed by atoms with E-state index in [2.05, 4.69) is 5.10 Å². The summed E-state index contributed by atoms with van der Waals surface area (Å²) >= 11 is 0. The summed E-state index contributed by atoms with van der Waals surface area (Å²) in [5.41, 5.74) is 0.505. The highest BCUT2D eigenvalue weighted by atomic mass is 16.6. The summed E-state index contributed by atoms with van der Waals surface area (Å²) in [6.07, 6.45) is 0. The Morgan fingerprint density at radius 1 is 1.37 bits per heavy atom. The minimum atomic E-state index is -0.524. The van der Waals surface area contributed by atoms with Gasteiger partial charge in [-0.05, 0) is 19.1 Å². The van der Waals surface area contributed by atoms with Crippen molar-refractivity contribution in [3.8, 4) is 11.8 Å². The molecule has 94 valence electrons. The van der Waals surface area contributed by atoms with Gasteiger partial charge in [0.15, 0.2) is 0 Å². The third-order valence-corrected chi connectivity index (χ3v) is 2.54. The molecular weight excluding hydrogens is 248 g/mol. The molecule has 1 aromatic heterocycles. The first kappa shape index (κ1) is 12.4. The molecule has 2 rings (SSSR count). The van der Waals surface area contributed by atoms with Crippen molar-refractivity contribution in [2.75, 3.05) is 0 Å². The molecule has 0 bridgehead atoms. The molecule has 7 nitrogen and oxygen atoms in total. The number of nitro groups is 1. The first-order valence-corrected chi connectivity index (χ1v) is 5.29. The number of benzene rings is 1. The summed E-state index contributed by atoms with van der Waals surface area (Å²) in [7, 11) is 0. The SMILES string of the molecule is Cc1nn(-c2ccc([N+](=O)[O-])cc2)c(=O)cc1C#N. The molecule has 0 unspecified atom stereocenters. The van der Waals surface area contributed by atoms with E-state index in [0.29, 0.717) is 11.4 Å². The average Bonchev–Trinajstić information content (AvgIpc) is 2.41. The van der Waals surface area contributed by atoms with Crippen LogP contribution in [0.3, 0.4) is 0 Å². The Kier molecular flexibility index (Phi) is 3.08. The second-order valence-electron chi connectivity index (χ2n) is 3.78. The van der Waals surface area contributed by atoms with Crippen molar-refractivity contribution in [3.63, 3.8) is 0 Å². The quantitative estimate of drug-likeness (QED) is 0.595. The standard InChI is InChI=1S/C12H8N4O3/c1-8-9(7-13)6-12(17)15(14-8)10-2-4-11(5-3-10)16(18)19/h2-6H,1H3. The third kappa shape index (κ3) is 2.32. The normalized spacial score (nSPS) is 9.89. The van der Waals surface area contributed by atoms with Gasteiger partial charge in [0.05, 0.1) is 21.9 Å². The number of rotatable bonds is 2. The van der Waals surface area contributed by atoms with Crippen molar-refractivity contribution < 1.29 is 4.92 Å². The highest BCUT2D eigenvalue weighted by molar-refractivity contribution is 5.41. The fourth-order valence-electron chi connectivity index (χ4n) is 1.56. The molecule has 1 aromatic carbocycles. The molecule has 0 N–H and O–H groups in total. The van der Waals surface area contributed by atoms with Gasteiger partial charge in [0.25, 0.3) is 11.2 Å². The molecule has 0 saturated heterocycles. The Bertz CT molecular complexity index is 741. The lowest BCUT2D eigenvalue weighted by Gasteiger charge is -2.05. The molecule has 0 saturated carbocycles. The Balaban J connectivity index is 2.54. The Morgan fingerprint density at radius 2 is 2.00 bits per heavy atom.